The number of carbonyl (C=O) groups excluding carboxylic acids is 3. The molecule has 2 aromatic rings. The zero-order chi connectivity index (χ0) is 19.4. The van der Waals surface area contributed by atoms with Crippen LogP contribution >= 0.6 is 0 Å². The molecule has 2 aromatic carbocycles. The molecule has 0 radical (unpaired) electrons. The van der Waals surface area contributed by atoms with Crippen molar-refractivity contribution >= 4 is 29.2 Å². The van der Waals surface area contributed by atoms with E-state index in [-0.39, 0.29) is 18.4 Å². The Balaban J connectivity index is 1.57. The second-order valence-electron chi connectivity index (χ2n) is 6.14. The Morgan fingerprint density at radius 1 is 1.11 bits per heavy atom. The van der Waals surface area contributed by atoms with E-state index in [4.69, 9.17) is 10.5 Å². The summed E-state index contributed by atoms with van der Waals surface area (Å²) in [7, 11) is 1.58. The van der Waals surface area contributed by atoms with E-state index in [1.165, 1.54) is 12.1 Å². The van der Waals surface area contributed by atoms with Crippen LogP contribution in [0.15, 0.2) is 48.5 Å². The lowest BCUT2D eigenvalue weighted by Gasteiger charge is -2.17. The third-order valence-corrected chi connectivity index (χ3v) is 4.27. The first-order chi connectivity index (χ1) is 13.0. The van der Waals surface area contributed by atoms with Crippen molar-refractivity contribution in [3.05, 3.63) is 54.1 Å². The highest BCUT2D eigenvalue weighted by atomic mass is 16.5. The molecule has 27 heavy (non-hydrogen) atoms. The maximum atomic E-state index is 12.3. The van der Waals surface area contributed by atoms with Gasteiger partial charge in [-0.3, -0.25) is 9.59 Å². The Morgan fingerprint density at radius 3 is 2.37 bits per heavy atom. The molecule has 1 unspecified atom stereocenters. The van der Waals surface area contributed by atoms with Crippen molar-refractivity contribution < 1.29 is 19.1 Å². The first kappa shape index (κ1) is 18.2. The van der Waals surface area contributed by atoms with Gasteiger partial charge in [-0.15, -0.1) is 0 Å². The Hall–Kier alpha value is -3.55. The van der Waals surface area contributed by atoms with Gasteiger partial charge in [0.05, 0.1) is 13.2 Å². The van der Waals surface area contributed by atoms with E-state index in [2.05, 4.69) is 10.6 Å². The monoisotopic (exact) mass is 368 g/mol. The van der Waals surface area contributed by atoms with Crippen LogP contribution in [-0.2, 0) is 4.79 Å². The topological polar surface area (TPSA) is 114 Å². The van der Waals surface area contributed by atoms with Crippen molar-refractivity contribution in [1.82, 2.24) is 5.32 Å². The van der Waals surface area contributed by atoms with Crippen LogP contribution in [0.5, 0.6) is 5.75 Å². The number of amides is 4. The molecule has 0 aromatic heterocycles. The van der Waals surface area contributed by atoms with Gasteiger partial charge in [-0.2, -0.15) is 0 Å². The predicted molar refractivity (Wildman–Crippen MR) is 101 cm³/mol. The number of ether oxygens (including phenoxy) is 1. The molecule has 8 heteroatoms. The minimum atomic E-state index is -0.533. The zero-order valence-electron chi connectivity index (χ0n) is 14.8. The summed E-state index contributed by atoms with van der Waals surface area (Å²) in [5.41, 5.74) is 6.82. The number of nitrogens with one attached hydrogen (secondary N) is 2. The van der Waals surface area contributed by atoms with Gasteiger partial charge in [0, 0.05) is 29.9 Å². The molecule has 140 valence electrons. The molecular weight excluding hydrogens is 348 g/mol. The maximum absolute atomic E-state index is 12.3. The molecule has 0 aliphatic carbocycles. The van der Waals surface area contributed by atoms with E-state index in [0.29, 0.717) is 23.5 Å². The van der Waals surface area contributed by atoms with Crippen molar-refractivity contribution in [3.63, 3.8) is 0 Å². The number of benzene rings is 2. The number of primary amides is 1. The molecule has 1 fully saturated rings. The summed E-state index contributed by atoms with van der Waals surface area (Å²) in [5, 5.41) is 5.46. The van der Waals surface area contributed by atoms with E-state index in [1.807, 2.05) is 0 Å². The molecule has 8 nitrogen and oxygen atoms in total. The van der Waals surface area contributed by atoms with Crippen LogP contribution in [0.4, 0.5) is 16.2 Å². The molecule has 1 aliphatic heterocycles. The highest BCUT2D eigenvalue weighted by Crippen LogP contribution is 2.24. The number of urea groups is 1. The van der Waals surface area contributed by atoms with Gasteiger partial charge in [0.1, 0.15) is 5.75 Å². The third kappa shape index (κ3) is 4.35. The second kappa shape index (κ2) is 7.77. The lowest BCUT2D eigenvalue weighted by atomic mass is 10.2. The van der Waals surface area contributed by atoms with Crippen LogP contribution < -0.4 is 26.0 Å². The van der Waals surface area contributed by atoms with E-state index < -0.39 is 11.9 Å². The summed E-state index contributed by atoms with van der Waals surface area (Å²) >= 11 is 0. The standard InChI is InChI=1S/C19H20N4O4/c1-27-16-8-6-15(7-9-16)23-11-14(10-17(23)24)22-19(26)21-13-4-2-12(3-5-13)18(20)25/h2-9,14H,10-11H2,1H3,(H2,20,25)(H2,21,22,26). The van der Waals surface area contributed by atoms with Gasteiger partial charge >= 0.3 is 6.03 Å². The summed E-state index contributed by atoms with van der Waals surface area (Å²) in [5.74, 6) is 0.118. The first-order valence-electron chi connectivity index (χ1n) is 8.38. The lowest BCUT2D eigenvalue weighted by Crippen LogP contribution is -2.39. The Bertz CT molecular complexity index is 849. The van der Waals surface area contributed by atoms with Crippen LogP contribution in [0.2, 0.25) is 0 Å². The van der Waals surface area contributed by atoms with E-state index in [0.717, 1.165) is 5.69 Å². The number of rotatable bonds is 5. The van der Waals surface area contributed by atoms with E-state index in [1.54, 1.807) is 48.4 Å². The Morgan fingerprint density at radius 2 is 1.78 bits per heavy atom. The van der Waals surface area contributed by atoms with Crippen molar-refractivity contribution in [1.29, 1.82) is 0 Å². The maximum Gasteiger partial charge on any atom is 0.319 e. The van der Waals surface area contributed by atoms with Crippen molar-refractivity contribution in [2.75, 3.05) is 23.9 Å². The van der Waals surface area contributed by atoms with E-state index in [9.17, 15) is 14.4 Å². The SMILES string of the molecule is COc1ccc(N2CC(NC(=O)Nc3ccc(C(N)=O)cc3)CC2=O)cc1. The summed E-state index contributed by atoms with van der Waals surface area (Å²) in [6.45, 7) is 0.388. The first-order valence-corrected chi connectivity index (χ1v) is 8.38. The molecule has 3 rings (SSSR count). The summed E-state index contributed by atoms with van der Waals surface area (Å²) < 4.78 is 5.12. The normalized spacial score (nSPS) is 16.1. The molecular formula is C19H20N4O4. The Labute approximate surface area is 156 Å². The Kier molecular flexibility index (Phi) is 5.25. The summed E-state index contributed by atoms with van der Waals surface area (Å²) in [6.07, 6.45) is 0.222. The van der Waals surface area contributed by atoms with Crippen molar-refractivity contribution in [2.45, 2.75) is 12.5 Å². The molecule has 1 atom stereocenters. The van der Waals surface area contributed by atoms with Gasteiger partial charge in [-0.25, -0.2) is 4.79 Å². The second-order valence-corrected chi connectivity index (χ2v) is 6.14. The number of nitrogens with zero attached hydrogens (tertiary/aromatic N) is 1. The molecule has 4 amide bonds. The van der Waals surface area contributed by atoms with Gasteiger partial charge in [-0.05, 0) is 48.5 Å². The van der Waals surface area contributed by atoms with Crippen molar-refractivity contribution in [3.8, 4) is 5.75 Å². The average molecular weight is 368 g/mol. The number of hydrogen-bond donors (Lipinski definition) is 3. The molecule has 1 saturated heterocycles. The van der Waals surface area contributed by atoms with Crippen molar-refractivity contribution in [2.24, 2.45) is 5.73 Å². The molecule has 1 aliphatic rings. The highest BCUT2D eigenvalue weighted by molar-refractivity contribution is 5.98. The van der Waals surface area contributed by atoms with Gasteiger partial charge in [-0.1, -0.05) is 0 Å². The number of nitrogens with two attached hydrogens (primary N) is 1. The fraction of sp³-hybridized carbons (Fsp3) is 0.211. The smallest absolute Gasteiger partial charge is 0.319 e. The van der Waals surface area contributed by atoms with Crippen LogP contribution in [0.25, 0.3) is 0 Å². The minimum Gasteiger partial charge on any atom is -0.497 e. The molecule has 1 heterocycles. The van der Waals surface area contributed by atoms with Gasteiger partial charge in [0.15, 0.2) is 0 Å². The molecule has 0 spiro atoms. The van der Waals surface area contributed by atoms with Crippen LogP contribution in [0.3, 0.4) is 0 Å². The van der Waals surface area contributed by atoms with E-state index >= 15 is 0 Å². The number of methoxy groups -OCH3 is 1. The van der Waals surface area contributed by atoms with Gasteiger partial charge in [0.2, 0.25) is 11.8 Å². The summed E-state index contributed by atoms with van der Waals surface area (Å²) in [6, 6.07) is 12.7. The fourth-order valence-corrected chi connectivity index (χ4v) is 2.89. The lowest BCUT2D eigenvalue weighted by molar-refractivity contribution is -0.117. The fourth-order valence-electron chi connectivity index (χ4n) is 2.89. The summed E-state index contributed by atoms with van der Waals surface area (Å²) in [4.78, 5) is 37.1. The number of carbonyl (C=O) groups is 3. The van der Waals surface area contributed by atoms with Gasteiger partial charge in [0.25, 0.3) is 0 Å². The molecule has 0 saturated carbocycles. The quantitative estimate of drug-likeness (QED) is 0.745. The molecule has 0 bridgehead atoms. The van der Waals surface area contributed by atoms with Gasteiger partial charge < -0.3 is 26.0 Å². The predicted octanol–water partition coefficient (Wildman–Crippen LogP) is 1.72. The highest BCUT2D eigenvalue weighted by Gasteiger charge is 2.31. The minimum absolute atomic E-state index is 0.0590. The van der Waals surface area contributed by atoms with Crippen LogP contribution in [-0.4, -0.2) is 37.5 Å². The number of anilines is 2. The van der Waals surface area contributed by atoms with Crippen LogP contribution in [0.1, 0.15) is 16.8 Å². The largest absolute Gasteiger partial charge is 0.497 e. The zero-order valence-corrected chi connectivity index (χ0v) is 14.8. The average Bonchev–Trinajstić information content (AvgIpc) is 3.02. The van der Waals surface area contributed by atoms with Crippen LogP contribution in [0, 0.1) is 0 Å². The number of hydrogen-bond acceptors (Lipinski definition) is 4. The molecule has 4 N–H and O–H groups in total. The third-order valence-electron chi connectivity index (χ3n) is 4.27.